The molecule has 4 heteroatoms. The summed E-state index contributed by atoms with van der Waals surface area (Å²) in [5.74, 6) is 5.46. The Kier molecular flexibility index (Phi) is 4.07. The molecule has 3 N–H and O–H groups in total. The number of nitrogens with two attached hydrogens (primary N) is 1. The first-order valence-corrected chi connectivity index (χ1v) is 5.01. The van der Waals surface area contributed by atoms with E-state index in [9.17, 15) is 4.79 Å². The normalized spacial score (nSPS) is 9.13. The Hall–Kier alpha value is -1.60. The zero-order valence-electron chi connectivity index (χ0n) is 8.03. The molecule has 1 rings (SSSR count). The largest absolute Gasteiger partial charge is 0.478 e. The van der Waals surface area contributed by atoms with Gasteiger partial charge in [0.25, 0.3) is 0 Å². The summed E-state index contributed by atoms with van der Waals surface area (Å²) in [6.45, 7) is 0. The molecule has 0 aliphatic rings. The lowest BCUT2D eigenvalue weighted by molar-refractivity contribution is 0.0698. The van der Waals surface area contributed by atoms with Crippen LogP contribution in [-0.2, 0) is 0 Å². The average molecular weight is 221 g/mol. The molecule has 0 heterocycles. The molecule has 0 spiro atoms. The number of carboxylic acids is 1. The fourth-order valence-electron chi connectivity index (χ4n) is 1.06. The van der Waals surface area contributed by atoms with E-state index in [-0.39, 0.29) is 11.3 Å². The van der Waals surface area contributed by atoms with Crippen LogP contribution in [0.2, 0.25) is 0 Å². The number of anilines is 1. The molecule has 15 heavy (non-hydrogen) atoms. The zero-order valence-corrected chi connectivity index (χ0v) is 8.92. The maximum Gasteiger partial charge on any atom is 0.337 e. The third-order valence-corrected chi connectivity index (χ3v) is 1.98. The van der Waals surface area contributed by atoms with Gasteiger partial charge in [0.05, 0.1) is 5.56 Å². The molecule has 0 amide bonds. The summed E-state index contributed by atoms with van der Waals surface area (Å²) in [5.41, 5.74) is 6.63. The lowest BCUT2D eigenvalue weighted by Gasteiger charge is -2.00. The fourth-order valence-corrected chi connectivity index (χ4v) is 1.17. The maximum absolute atomic E-state index is 10.7. The standard InChI is InChI=1S/C11H11NO2S/c12-10-7-8(3-1-2-6-15)4-5-9(10)11(13)14/h4-5,7,15H,2,6,12H2,(H,13,14). The van der Waals surface area contributed by atoms with Gasteiger partial charge >= 0.3 is 5.97 Å². The summed E-state index contributed by atoms with van der Waals surface area (Å²) in [6.07, 6.45) is 0.698. The Morgan fingerprint density at radius 1 is 1.53 bits per heavy atom. The van der Waals surface area contributed by atoms with Crippen LogP contribution in [0.5, 0.6) is 0 Å². The molecule has 0 atom stereocenters. The zero-order chi connectivity index (χ0) is 11.3. The van der Waals surface area contributed by atoms with Crippen LogP contribution < -0.4 is 5.73 Å². The Bertz CT molecular complexity index is 432. The number of hydrogen-bond donors (Lipinski definition) is 3. The van der Waals surface area contributed by atoms with Gasteiger partial charge < -0.3 is 10.8 Å². The molecule has 0 aromatic heterocycles. The minimum Gasteiger partial charge on any atom is -0.478 e. The molecule has 0 saturated carbocycles. The highest BCUT2D eigenvalue weighted by Crippen LogP contribution is 2.13. The van der Waals surface area contributed by atoms with Crippen molar-refractivity contribution in [2.24, 2.45) is 0 Å². The maximum atomic E-state index is 10.7. The highest BCUT2D eigenvalue weighted by Gasteiger charge is 2.06. The molecule has 1 aromatic rings. The van der Waals surface area contributed by atoms with Crippen LogP contribution in [0.1, 0.15) is 22.3 Å². The second kappa shape index (κ2) is 5.32. The third kappa shape index (κ3) is 3.22. The molecule has 1 aromatic carbocycles. The van der Waals surface area contributed by atoms with Crippen LogP contribution in [0.3, 0.4) is 0 Å². The van der Waals surface area contributed by atoms with E-state index in [0.717, 1.165) is 5.56 Å². The van der Waals surface area contributed by atoms with Crippen LogP contribution in [0.25, 0.3) is 0 Å². The van der Waals surface area contributed by atoms with Gasteiger partial charge in [0, 0.05) is 23.4 Å². The van der Waals surface area contributed by atoms with Crippen LogP contribution in [0.15, 0.2) is 18.2 Å². The Morgan fingerprint density at radius 2 is 2.27 bits per heavy atom. The lowest BCUT2D eigenvalue weighted by Crippen LogP contribution is -2.02. The van der Waals surface area contributed by atoms with Gasteiger partial charge in [0.15, 0.2) is 0 Å². The van der Waals surface area contributed by atoms with Crippen LogP contribution in [-0.4, -0.2) is 16.8 Å². The first-order chi connectivity index (χ1) is 7.15. The van der Waals surface area contributed by atoms with E-state index in [1.807, 2.05) is 0 Å². The molecule has 0 saturated heterocycles. The number of benzene rings is 1. The fraction of sp³-hybridized carbons (Fsp3) is 0.182. The summed E-state index contributed by atoms with van der Waals surface area (Å²) < 4.78 is 0. The Morgan fingerprint density at radius 3 is 2.80 bits per heavy atom. The molecule has 3 nitrogen and oxygen atoms in total. The quantitative estimate of drug-likeness (QED) is 0.404. The van der Waals surface area contributed by atoms with E-state index >= 15 is 0 Å². The summed E-state index contributed by atoms with van der Waals surface area (Å²) in [6, 6.07) is 4.67. The number of hydrogen-bond acceptors (Lipinski definition) is 3. The van der Waals surface area contributed by atoms with Crippen molar-refractivity contribution < 1.29 is 9.90 Å². The molecular formula is C11H11NO2S. The number of rotatable bonds is 2. The van der Waals surface area contributed by atoms with Crippen molar-refractivity contribution in [2.45, 2.75) is 6.42 Å². The molecule has 0 fully saturated rings. The van der Waals surface area contributed by atoms with Gasteiger partial charge in [0.1, 0.15) is 0 Å². The number of aromatic carboxylic acids is 1. The molecule has 0 radical (unpaired) electrons. The SMILES string of the molecule is Nc1cc(C#CCCS)ccc1C(=O)O. The molecule has 0 aliphatic heterocycles. The highest BCUT2D eigenvalue weighted by atomic mass is 32.1. The number of carboxylic acid groups (broad SMARTS) is 1. The predicted octanol–water partition coefficient (Wildman–Crippen LogP) is 1.64. The molecule has 0 bridgehead atoms. The van der Waals surface area contributed by atoms with Gasteiger partial charge in [-0.15, -0.1) is 0 Å². The molecule has 0 aliphatic carbocycles. The second-order valence-corrected chi connectivity index (χ2v) is 3.33. The van der Waals surface area contributed by atoms with Crippen LogP contribution in [0, 0.1) is 11.8 Å². The topological polar surface area (TPSA) is 63.3 Å². The minimum absolute atomic E-state index is 0.106. The van der Waals surface area contributed by atoms with Crippen LogP contribution in [0.4, 0.5) is 5.69 Å². The van der Waals surface area contributed by atoms with Crippen molar-refractivity contribution in [1.29, 1.82) is 0 Å². The summed E-state index contributed by atoms with van der Waals surface area (Å²) in [5, 5.41) is 8.74. The van der Waals surface area contributed by atoms with E-state index in [1.165, 1.54) is 6.07 Å². The smallest absolute Gasteiger partial charge is 0.337 e. The monoisotopic (exact) mass is 221 g/mol. The van der Waals surface area contributed by atoms with Gasteiger partial charge in [-0.3, -0.25) is 0 Å². The van der Waals surface area contributed by atoms with E-state index in [0.29, 0.717) is 12.2 Å². The first kappa shape index (κ1) is 11.5. The molecule has 0 unspecified atom stereocenters. The predicted molar refractivity (Wildman–Crippen MR) is 63.2 cm³/mol. The third-order valence-electron chi connectivity index (χ3n) is 1.75. The minimum atomic E-state index is -1.03. The summed E-state index contributed by atoms with van der Waals surface area (Å²) in [7, 11) is 0. The first-order valence-electron chi connectivity index (χ1n) is 4.37. The van der Waals surface area contributed by atoms with Crippen molar-refractivity contribution in [3.05, 3.63) is 29.3 Å². The van der Waals surface area contributed by atoms with Crippen molar-refractivity contribution >= 4 is 24.3 Å². The summed E-state index contributed by atoms with van der Waals surface area (Å²) in [4.78, 5) is 10.7. The van der Waals surface area contributed by atoms with Gasteiger partial charge in [-0.05, 0) is 18.2 Å². The van der Waals surface area contributed by atoms with Crippen LogP contribution >= 0.6 is 12.6 Å². The van der Waals surface area contributed by atoms with Crippen molar-refractivity contribution in [3.63, 3.8) is 0 Å². The number of thiol groups is 1. The Labute approximate surface area is 93.7 Å². The van der Waals surface area contributed by atoms with E-state index in [1.54, 1.807) is 12.1 Å². The van der Waals surface area contributed by atoms with Crippen molar-refractivity contribution in [2.75, 3.05) is 11.5 Å². The average Bonchev–Trinajstić information content (AvgIpc) is 2.17. The number of nitrogen functional groups attached to an aromatic ring is 1. The molecular weight excluding hydrogens is 210 g/mol. The highest BCUT2D eigenvalue weighted by molar-refractivity contribution is 7.80. The lowest BCUT2D eigenvalue weighted by atomic mass is 10.1. The van der Waals surface area contributed by atoms with Gasteiger partial charge in [-0.2, -0.15) is 12.6 Å². The van der Waals surface area contributed by atoms with Gasteiger partial charge in [-0.25, -0.2) is 4.79 Å². The second-order valence-electron chi connectivity index (χ2n) is 2.88. The van der Waals surface area contributed by atoms with E-state index < -0.39 is 5.97 Å². The number of carbonyl (C=O) groups is 1. The van der Waals surface area contributed by atoms with E-state index in [2.05, 4.69) is 24.5 Å². The van der Waals surface area contributed by atoms with E-state index in [4.69, 9.17) is 10.8 Å². The van der Waals surface area contributed by atoms with Crippen molar-refractivity contribution in [3.8, 4) is 11.8 Å². The summed E-state index contributed by atoms with van der Waals surface area (Å²) >= 11 is 4.03. The Balaban J connectivity index is 2.93. The van der Waals surface area contributed by atoms with Crippen molar-refractivity contribution in [1.82, 2.24) is 0 Å². The van der Waals surface area contributed by atoms with Gasteiger partial charge in [0.2, 0.25) is 0 Å². The van der Waals surface area contributed by atoms with Gasteiger partial charge in [-0.1, -0.05) is 11.8 Å². The molecule has 78 valence electrons.